The molecule has 0 aliphatic rings. The van der Waals surface area contributed by atoms with Crippen LogP contribution in [0.25, 0.3) is 0 Å². The van der Waals surface area contributed by atoms with Gasteiger partial charge < -0.3 is 5.32 Å². The maximum atomic E-state index is 11.5. The molecule has 0 heterocycles. The van der Waals surface area contributed by atoms with Crippen molar-refractivity contribution in [2.45, 2.75) is 70.7 Å². The van der Waals surface area contributed by atoms with Gasteiger partial charge in [0.1, 0.15) is 0 Å². The Hall–Kier alpha value is -1.07. The Labute approximate surface area is 129 Å². The number of benzene rings is 1. The molecule has 1 unspecified atom stereocenters. The molecule has 5 heteroatoms. The van der Waals surface area contributed by atoms with Gasteiger partial charge >= 0.3 is 0 Å². The van der Waals surface area contributed by atoms with Crippen LogP contribution in [-0.2, 0) is 10.0 Å². The number of sulfonamides is 1. The van der Waals surface area contributed by atoms with E-state index in [9.17, 15) is 8.42 Å². The van der Waals surface area contributed by atoms with Gasteiger partial charge in [0, 0.05) is 11.7 Å². The smallest absolute Gasteiger partial charge is 0.238 e. The van der Waals surface area contributed by atoms with Crippen LogP contribution < -0.4 is 10.5 Å². The molecule has 3 N–H and O–H groups in total. The summed E-state index contributed by atoms with van der Waals surface area (Å²) in [5, 5.41) is 8.65. The van der Waals surface area contributed by atoms with E-state index in [4.69, 9.17) is 5.14 Å². The Morgan fingerprint density at radius 3 is 2.43 bits per heavy atom. The number of anilines is 1. The normalized spacial score (nSPS) is 13.2. The molecule has 21 heavy (non-hydrogen) atoms. The van der Waals surface area contributed by atoms with Crippen molar-refractivity contribution in [1.29, 1.82) is 0 Å². The second-order valence-corrected chi connectivity index (χ2v) is 7.41. The zero-order valence-corrected chi connectivity index (χ0v) is 14.4. The third-order valence-electron chi connectivity index (χ3n) is 3.86. The van der Waals surface area contributed by atoms with Crippen LogP contribution in [0.3, 0.4) is 0 Å². The van der Waals surface area contributed by atoms with E-state index < -0.39 is 10.0 Å². The minimum Gasteiger partial charge on any atom is -0.382 e. The molecule has 0 radical (unpaired) electrons. The molecule has 0 aliphatic heterocycles. The van der Waals surface area contributed by atoms with Crippen molar-refractivity contribution in [2.75, 3.05) is 5.32 Å². The monoisotopic (exact) mass is 312 g/mol. The second-order valence-electron chi connectivity index (χ2n) is 5.85. The Morgan fingerprint density at radius 1 is 1.19 bits per heavy atom. The number of hydrogen-bond acceptors (Lipinski definition) is 3. The molecule has 0 bridgehead atoms. The number of nitrogens with one attached hydrogen (secondary N) is 1. The van der Waals surface area contributed by atoms with Gasteiger partial charge in [-0.05, 0) is 50.5 Å². The van der Waals surface area contributed by atoms with Crippen molar-refractivity contribution in [3.8, 4) is 0 Å². The minimum atomic E-state index is -3.66. The highest BCUT2D eigenvalue weighted by molar-refractivity contribution is 7.89. The summed E-state index contributed by atoms with van der Waals surface area (Å²) in [6.45, 7) is 8.23. The number of rotatable bonds is 8. The highest BCUT2D eigenvalue weighted by Crippen LogP contribution is 2.24. The largest absolute Gasteiger partial charge is 0.382 e. The van der Waals surface area contributed by atoms with Gasteiger partial charge in [-0.15, -0.1) is 0 Å². The summed E-state index contributed by atoms with van der Waals surface area (Å²) in [6, 6.07) is 3.58. The number of nitrogens with two attached hydrogens (primary N) is 1. The fourth-order valence-electron chi connectivity index (χ4n) is 2.36. The Kier molecular flexibility index (Phi) is 6.68. The molecule has 1 aromatic rings. The van der Waals surface area contributed by atoms with Gasteiger partial charge in [-0.3, -0.25) is 0 Å². The summed E-state index contributed by atoms with van der Waals surface area (Å²) >= 11 is 0. The Bertz CT molecular complexity index is 568. The lowest BCUT2D eigenvalue weighted by Crippen LogP contribution is -2.18. The molecule has 1 rings (SSSR count). The predicted molar refractivity (Wildman–Crippen MR) is 89.1 cm³/mol. The minimum absolute atomic E-state index is 0.172. The third kappa shape index (κ3) is 5.67. The molecule has 0 aliphatic carbocycles. The Balaban J connectivity index is 2.80. The first-order valence-electron chi connectivity index (χ1n) is 7.66. The van der Waals surface area contributed by atoms with Crippen molar-refractivity contribution in [3.05, 3.63) is 23.3 Å². The fourth-order valence-corrected chi connectivity index (χ4v) is 2.98. The van der Waals surface area contributed by atoms with Crippen molar-refractivity contribution < 1.29 is 8.42 Å². The molecule has 1 atom stereocenters. The molecular weight excluding hydrogens is 284 g/mol. The van der Waals surface area contributed by atoms with Crippen molar-refractivity contribution >= 4 is 15.7 Å². The fraction of sp³-hybridized carbons (Fsp3) is 0.625. The zero-order valence-electron chi connectivity index (χ0n) is 13.6. The topological polar surface area (TPSA) is 72.2 Å². The molecule has 120 valence electrons. The highest BCUT2D eigenvalue weighted by Gasteiger charge is 2.13. The standard InChI is InChI=1S/C16H28N2O2S/c1-5-6-7-8-9-13(3)18-16-11-15(21(17,19)20)10-12(2)14(16)4/h10-11,13,18H,5-9H2,1-4H3,(H2,17,19,20). The average Bonchev–Trinajstić information content (AvgIpc) is 2.38. The van der Waals surface area contributed by atoms with E-state index in [1.807, 2.05) is 13.8 Å². The second kappa shape index (κ2) is 7.80. The summed E-state index contributed by atoms with van der Waals surface area (Å²) in [6.07, 6.45) is 6.02. The van der Waals surface area contributed by atoms with Gasteiger partial charge in [0.2, 0.25) is 10.0 Å². The van der Waals surface area contributed by atoms with Crippen molar-refractivity contribution in [2.24, 2.45) is 5.14 Å². The highest BCUT2D eigenvalue weighted by atomic mass is 32.2. The number of unbranched alkanes of at least 4 members (excludes halogenated alkanes) is 3. The van der Waals surface area contributed by atoms with E-state index in [1.165, 1.54) is 25.7 Å². The first-order valence-corrected chi connectivity index (χ1v) is 9.21. The maximum Gasteiger partial charge on any atom is 0.238 e. The molecule has 0 spiro atoms. The summed E-state index contributed by atoms with van der Waals surface area (Å²) < 4.78 is 23.1. The summed E-state index contributed by atoms with van der Waals surface area (Å²) in [5.74, 6) is 0. The molecule has 4 nitrogen and oxygen atoms in total. The molecule has 0 saturated carbocycles. The molecular formula is C16H28N2O2S. The summed E-state index contributed by atoms with van der Waals surface area (Å²) in [4.78, 5) is 0.172. The molecule has 0 fully saturated rings. The number of primary sulfonamides is 1. The van der Waals surface area contributed by atoms with E-state index >= 15 is 0 Å². The van der Waals surface area contributed by atoms with Crippen LogP contribution in [0, 0.1) is 13.8 Å². The van der Waals surface area contributed by atoms with E-state index in [0.717, 1.165) is 23.2 Å². The predicted octanol–water partition coefficient (Wildman–Crippen LogP) is 3.72. The van der Waals surface area contributed by atoms with Gasteiger partial charge in [0.15, 0.2) is 0 Å². The van der Waals surface area contributed by atoms with Crippen molar-refractivity contribution in [1.82, 2.24) is 0 Å². The Morgan fingerprint density at radius 2 is 1.86 bits per heavy atom. The van der Waals surface area contributed by atoms with Crippen LogP contribution in [0.4, 0.5) is 5.69 Å². The third-order valence-corrected chi connectivity index (χ3v) is 4.75. The average molecular weight is 312 g/mol. The summed E-state index contributed by atoms with van der Waals surface area (Å²) in [7, 11) is -3.66. The van der Waals surface area contributed by atoms with E-state index in [0.29, 0.717) is 6.04 Å². The van der Waals surface area contributed by atoms with Gasteiger partial charge in [-0.2, -0.15) is 0 Å². The first kappa shape index (κ1) is 18.0. The van der Waals surface area contributed by atoms with Gasteiger partial charge in [0.25, 0.3) is 0 Å². The van der Waals surface area contributed by atoms with Gasteiger partial charge in [0.05, 0.1) is 4.90 Å². The first-order chi connectivity index (χ1) is 9.75. The van der Waals surface area contributed by atoms with Gasteiger partial charge in [-0.25, -0.2) is 13.6 Å². The quantitative estimate of drug-likeness (QED) is 0.719. The van der Waals surface area contributed by atoms with Crippen LogP contribution in [0.1, 0.15) is 57.1 Å². The van der Waals surface area contributed by atoms with E-state index in [-0.39, 0.29) is 4.90 Å². The van der Waals surface area contributed by atoms with Crippen LogP contribution in [-0.4, -0.2) is 14.5 Å². The summed E-state index contributed by atoms with van der Waals surface area (Å²) in [5.41, 5.74) is 2.87. The van der Waals surface area contributed by atoms with Crippen LogP contribution in [0.2, 0.25) is 0 Å². The molecule has 0 amide bonds. The van der Waals surface area contributed by atoms with E-state index in [1.54, 1.807) is 12.1 Å². The van der Waals surface area contributed by atoms with Crippen LogP contribution in [0.5, 0.6) is 0 Å². The lowest BCUT2D eigenvalue weighted by molar-refractivity contribution is 0.592. The number of hydrogen-bond donors (Lipinski definition) is 2. The molecule has 0 saturated heterocycles. The van der Waals surface area contributed by atoms with Gasteiger partial charge in [-0.1, -0.05) is 32.6 Å². The van der Waals surface area contributed by atoms with Crippen LogP contribution in [0.15, 0.2) is 17.0 Å². The maximum absolute atomic E-state index is 11.5. The van der Waals surface area contributed by atoms with E-state index in [2.05, 4.69) is 19.2 Å². The number of aryl methyl sites for hydroxylation is 1. The SMILES string of the molecule is CCCCCCC(C)Nc1cc(S(N)(=O)=O)cc(C)c1C. The molecule has 1 aromatic carbocycles. The van der Waals surface area contributed by atoms with Crippen LogP contribution >= 0.6 is 0 Å². The van der Waals surface area contributed by atoms with Crippen molar-refractivity contribution in [3.63, 3.8) is 0 Å². The lowest BCUT2D eigenvalue weighted by atomic mass is 10.1. The lowest BCUT2D eigenvalue weighted by Gasteiger charge is -2.19. The molecule has 0 aromatic heterocycles. The zero-order chi connectivity index (χ0) is 16.0.